The summed E-state index contributed by atoms with van der Waals surface area (Å²) in [5, 5.41) is 5.58. The molecule has 0 aliphatic rings. The van der Waals surface area contributed by atoms with Gasteiger partial charge >= 0.3 is 5.97 Å². The monoisotopic (exact) mass is 412 g/mol. The number of aryl methyl sites for hydroxylation is 1. The third-order valence-corrected chi connectivity index (χ3v) is 5.51. The van der Waals surface area contributed by atoms with Crippen molar-refractivity contribution < 1.29 is 18.7 Å². The second-order valence-corrected chi connectivity index (χ2v) is 7.79. The Labute approximate surface area is 169 Å². The summed E-state index contributed by atoms with van der Waals surface area (Å²) in [4.78, 5) is 21.0. The molecular weight excluding hydrogens is 396 g/mol. The molecule has 0 fully saturated rings. The highest BCUT2D eigenvalue weighted by atomic mass is 32.1. The highest BCUT2D eigenvalue weighted by molar-refractivity contribution is 7.13. The first-order valence-corrected chi connectivity index (χ1v) is 10.2. The van der Waals surface area contributed by atoms with Crippen molar-refractivity contribution in [2.75, 3.05) is 0 Å². The summed E-state index contributed by atoms with van der Waals surface area (Å²) in [6.07, 6.45) is 1.60. The summed E-state index contributed by atoms with van der Waals surface area (Å²) >= 11 is 3.03. The summed E-state index contributed by atoms with van der Waals surface area (Å²) in [7, 11) is 0. The summed E-state index contributed by atoms with van der Waals surface area (Å²) in [6.45, 7) is 2.46. The topological polar surface area (TPSA) is 74.5 Å². The molecule has 0 aliphatic heterocycles. The Kier molecular flexibility index (Phi) is 5.50. The number of ether oxygens (including phenoxy) is 2. The van der Waals surface area contributed by atoms with Crippen molar-refractivity contribution in [2.45, 2.75) is 20.1 Å². The largest absolute Gasteiger partial charge is 0.487 e. The van der Waals surface area contributed by atoms with Crippen LogP contribution in [-0.4, -0.2) is 15.9 Å². The van der Waals surface area contributed by atoms with E-state index in [1.54, 1.807) is 41.9 Å². The molecule has 0 atom stereocenters. The zero-order chi connectivity index (χ0) is 19.3. The van der Waals surface area contributed by atoms with Crippen LogP contribution in [0.25, 0.3) is 10.8 Å². The Hall–Kier alpha value is -2.97. The fourth-order valence-corrected chi connectivity index (χ4v) is 3.80. The van der Waals surface area contributed by atoms with Crippen molar-refractivity contribution in [1.82, 2.24) is 9.97 Å². The van der Waals surface area contributed by atoms with Gasteiger partial charge in [0.2, 0.25) is 0 Å². The molecule has 28 heavy (non-hydrogen) atoms. The van der Waals surface area contributed by atoms with Crippen LogP contribution in [0.2, 0.25) is 0 Å². The van der Waals surface area contributed by atoms with Crippen LogP contribution in [0.4, 0.5) is 0 Å². The normalized spacial score (nSPS) is 10.8. The first-order chi connectivity index (χ1) is 13.7. The molecule has 4 aromatic rings. The number of carbonyl (C=O) groups excluding carboxylic acids is 1. The second kappa shape index (κ2) is 8.37. The average Bonchev–Trinajstić information content (AvgIpc) is 3.46. The summed E-state index contributed by atoms with van der Waals surface area (Å²) in [5.41, 5.74) is 2.03. The Bertz CT molecular complexity index is 1050. The molecule has 0 saturated heterocycles. The van der Waals surface area contributed by atoms with Gasteiger partial charge in [0, 0.05) is 10.8 Å². The number of thiazole rings is 2. The lowest BCUT2D eigenvalue weighted by atomic mass is 10.2. The molecule has 8 heteroatoms. The molecule has 0 N–H and O–H groups in total. The van der Waals surface area contributed by atoms with Crippen LogP contribution in [-0.2, 0) is 18.0 Å². The summed E-state index contributed by atoms with van der Waals surface area (Å²) in [6, 6.07) is 10.5. The highest BCUT2D eigenvalue weighted by Gasteiger charge is 2.11. The third kappa shape index (κ3) is 4.47. The van der Waals surface area contributed by atoms with E-state index < -0.39 is 5.97 Å². The number of rotatable bonds is 7. The van der Waals surface area contributed by atoms with E-state index >= 15 is 0 Å². The number of hydrogen-bond acceptors (Lipinski definition) is 8. The molecule has 0 spiro atoms. The third-order valence-electron chi connectivity index (χ3n) is 3.78. The Morgan fingerprint density at radius 2 is 1.82 bits per heavy atom. The lowest BCUT2D eigenvalue weighted by Crippen LogP contribution is -2.05. The van der Waals surface area contributed by atoms with E-state index in [2.05, 4.69) is 9.97 Å². The van der Waals surface area contributed by atoms with Gasteiger partial charge in [-0.05, 0) is 43.3 Å². The highest BCUT2D eigenvalue weighted by Crippen LogP contribution is 2.24. The molecule has 1 aromatic carbocycles. The molecule has 6 nitrogen and oxygen atoms in total. The number of esters is 1. The zero-order valence-corrected chi connectivity index (χ0v) is 16.6. The van der Waals surface area contributed by atoms with Gasteiger partial charge in [0.05, 0.1) is 28.2 Å². The predicted octanol–water partition coefficient (Wildman–Crippen LogP) is 5.10. The number of furan rings is 1. The van der Waals surface area contributed by atoms with Crippen molar-refractivity contribution in [1.29, 1.82) is 0 Å². The van der Waals surface area contributed by atoms with E-state index in [-0.39, 0.29) is 6.61 Å². The van der Waals surface area contributed by atoms with E-state index in [4.69, 9.17) is 13.9 Å². The van der Waals surface area contributed by atoms with Crippen LogP contribution in [0.3, 0.4) is 0 Å². The SMILES string of the molecule is Cc1nc(COc2ccc(C(=O)OCc3csc(-c4ccco4)n3)cc2)cs1. The van der Waals surface area contributed by atoms with E-state index in [1.807, 2.05) is 29.8 Å². The van der Waals surface area contributed by atoms with E-state index in [9.17, 15) is 4.79 Å². The maximum Gasteiger partial charge on any atom is 0.338 e. The van der Waals surface area contributed by atoms with E-state index in [1.165, 1.54) is 11.3 Å². The van der Waals surface area contributed by atoms with Crippen molar-refractivity contribution in [3.63, 3.8) is 0 Å². The van der Waals surface area contributed by atoms with Gasteiger partial charge in [-0.1, -0.05) is 0 Å². The lowest BCUT2D eigenvalue weighted by Gasteiger charge is -2.06. The van der Waals surface area contributed by atoms with Crippen molar-refractivity contribution in [3.05, 3.63) is 75.4 Å². The van der Waals surface area contributed by atoms with Gasteiger partial charge < -0.3 is 13.9 Å². The van der Waals surface area contributed by atoms with Gasteiger partial charge in [0.15, 0.2) is 10.8 Å². The van der Waals surface area contributed by atoms with Crippen LogP contribution in [0.15, 0.2) is 57.8 Å². The van der Waals surface area contributed by atoms with Crippen LogP contribution in [0, 0.1) is 6.92 Å². The van der Waals surface area contributed by atoms with E-state index in [0.717, 1.165) is 15.7 Å². The molecule has 0 bridgehead atoms. The van der Waals surface area contributed by atoms with Gasteiger partial charge in [0.25, 0.3) is 0 Å². The molecule has 0 unspecified atom stereocenters. The first-order valence-electron chi connectivity index (χ1n) is 8.46. The molecule has 3 heterocycles. The van der Waals surface area contributed by atoms with Gasteiger partial charge in [-0.25, -0.2) is 14.8 Å². The molecule has 4 rings (SSSR count). The Morgan fingerprint density at radius 3 is 2.54 bits per heavy atom. The quantitative estimate of drug-likeness (QED) is 0.393. The van der Waals surface area contributed by atoms with Crippen molar-refractivity contribution in [2.24, 2.45) is 0 Å². The summed E-state index contributed by atoms with van der Waals surface area (Å²) in [5.74, 6) is 0.963. The average molecular weight is 412 g/mol. The smallest absolute Gasteiger partial charge is 0.338 e. The molecular formula is C20H16N2O4S2. The molecule has 0 saturated carbocycles. The predicted molar refractivity (Wildman–Crippen MR) is 107 cm³/mol. The minimum absolute atomic E-state index is 0.109. The summed E-state index contributed by atoms with van der Waals surface area (Å²) < 4.78 is 16.3. The van der Waals surface area contributed by atoms with Gasteiger partial charge in [0.1, 0.15) is 19.0 Å². The first kappa shape index (κ1) is 18.4. The van der Waals surface area contributed by atoms with Crippen LogP contribution < -0.4 is 4.74 Å². The molecule has 0 aliphatic carbocycles. The fraction of sp³-hybridized carbons (Fsp3) is 0.150. The van der Waals surface area contributed by atoms with Crippen LogP contribution >= 0.6 is 22.7 Å². The Morgan fingerprint density at radius 1 is 1.04 bits per heavy atom. The minimum atomic E-state index is -0.408. The molecule has 142 valence electrons. The zero-order valence-electron chi connectivity index (χ0n) is 15.0. The molecule has 0 radical (unpaired) electrons. The van der Waals surface area contributed by atoms with Crippen molar-refractivity contribution in [3.8, 4) is 16.5 Å². The Balaban J connectivity index is 1.30. The van der Waals surface area contributed by atoms with Crippen LogP contribution in [0.5, 0.6) is 5.75 Å². The van der Waals surface area contributed by atoms with Gasteiger partial charge in [-0.3, -0.25) is 0 Å². The lowest BCUT2D eigenvalue weighted by molar-refractivity contribution is 0.0468. The standard InChI is InChI=1S/C20H16N2O4S2/c1-13-21-15(11-27-13)9-25-17-6-4-14(5-7-17)20(23)26-10-16-12-28-19(22-16)18-3-2-8-24-18/h2-8,11-12H,9-10H2,1H3. The van der Waals surface area contributed by atoms with Gasteiger partial charge in [-0.2, -0.15) is 0 Å². The van der Waals surface area contributed by atoms with Crippen molar-refractivity contribution >= 4 is 28.6 Å². The number of aromatic nitrogens is 2. The number of nitrogens with zero attached hydrogens (tertiary/aromatic N) is 2. The molecule has 3 aromatic heterocycles. The minimum Gasteiger partial charge on any atom is -0.487 e. The maximum absolute atomic E-state index is 12.2. The van der Waals surface area contributed by atoms with Gasteiger partial charge in [-0.15, -0.1) is 22.7 Å². The number of benzene rings is 1. The van der Waals surface area contributed by atoms with Crippen LogP contribution in [0.1, 0.15) is 26.8 Å². The fourth-order valence-electron chi connectivity index (χ4n) is 2.43. The maximum atomic E-state index is 12.2. The second-order valence-electron chi connectivity index (χ2n) is 5.87. The van der Waals surface area contributed by atoms with E-state index in [0.29, 0.717) is 29.4 Å². The number of carbonyl (C=O) groups is 1. The molecule has 0 amide bonds. The number of hydrogen-bond donors (Lipinski definition) is 0.